The van der Waals surface area contributed by atoms with Gasteiger partial charge in [0, 0.05) is 88.3 Å². The monoisotopic (exact) mass is 1270 g/mol. The van der Waals surface area contributed by atoms with Gasteiger partial charge < -0.3 is 27.8 Å². The van der Waals surface area contributed by atoms with Gasteiger partial charge in [-0.05, 0) is 145 Å². The van der Waals surface area contributed by atoms with Gasteiger partial charge in [0.15, 0.2) is 11.2 Å². The molecular weight excluding hydrogens is 1180 g/mol. The second-order valence-electron chi connectivity index (χ2n) is 24.8. The molecule has 454 valence electrons. The molecule has 0 unspecified atom stereocenters. The summed E-state index contributed by atoms with van der Waals surface area (Å²) in [7, 11) is 0. The summed E-state index contributed by atoms with van der Waals surface area (Å²) in [6.45, 7) is 3.18. The van der Waals surface area contributed by atoms with Gasteiger partial charge in [-0.3, -0.25) is 0 Å². The highest BCUT2D eigenvalue weighted by atomic mass is 16.3. The molecule has 0 aliphatic carbocycles. The minimum atomic E-state index is -2.11. The summed E-state index contributed by atoms with van der Waals surface area (Å²) >= 11 is 0. The van der Waals surface area contributed by atoms with Crippen molar-refractivity contribution in [2.24, 2.45) is 0 Å². The van der Waals surface area contributed by atoms with Crippen LogP contribution in [0.1, 0.15) is 72.9 Å². The van der Waals surface area contributed by atoms with Crippen LogP contribution in [0.4, 0.5) is 34.1 Å². The van der Waals surface area contributed by atoms with Crippen LogP contribution in [0.2, 0.25) is 0 Å². The lowest BCUT2D eigenvalue weighted by Gasteiger charge is -2.45. The van der Waals surface area contributed by atoms with E-state index in [1.165, 1.54) is 9.80 Å². The van der Waals surface area contributed by atoms with Gasteiger partial charge in [-0.1, -0.05) is 239 Å². The number of nitrogens with zero attached hydrogens (tertiary/aromatic N) is 4. The van der Waals surface area contributed by atoms with E-state index in [2.05, 4.69) is 0 Å². The van der Waals surface area contributed by atoms with E-state index in [9.17, 15) is 38.4 Å². The number of furan rings is 2. The minimum Gasteiger partial charge on any atom is -0.454 e. The standard InChI is InChI=1S/C90H59BN4O2/c1-90(2,3)56-50-81-85-82(51-56)95(87-70(62-35-21-25-55-23-5-7-27-60(55)62)45-47-72-68-33-13-19-41-84(68)97-89(72)87)80-53-58(93-77-38-16-10-30-65(77)66-31-11-17-39-78(66)93)43-49-74(80)91(85)73-48-42-57(92-75-36-14-8-28-63(75)64-29-9-15-37-76(64)92)52-79(73)94(81)86-69(61-34-20-24-54-22-4-6-26-59(54)61)44-46-71-67-32-12-18-40-83(67)96-88(71)86/h4-53H,1-3H3/i8D,9D,10D,11D,12D,13D,14D,15D,16D,17D,18D,19D,28D,29D,30D,31D,32D,33D,36D,37D,38D,39D,40D,41D,42D,43D,44D,45D,46D,47D,48D,49D,52D,53D. The fourth-order valence-electron chi connectivity index (χ4n) is 14.4. The lowest BCUT2D eigenvalue weighted by atomic mass is 9.33. The van der Waals surface area contributed by atoms with Crippen molar-refractivity contribution >= 4 is 166 Å². The van der Waals surface area contributed by atoms with Crippen molar-refractivity contribution in [2.75, 3.05) is 9.80 Å². The first-order valence-electron chi connectivity index (χ1n) is 47.9. The average Bonchev–Trinajstić information content (AvgIpc) is 1.65. The van der Waals surface area contributed by atoms with Gasteiger partial charge >= 0.3 is 0 Å². The van der Waals surface area contributed by atoms with E-state index < -0.39 is 350 Å². The zero-order valence-corrected chi connectivity index (χ0v) is 50.9. The fraction of sp³-hybridized carbons (Fsp3) is 0.0444. The highest BCUT2D eigenvalue weighted by Crippen LogP contribution is 2.56. The van der Waals surface area contributed by atoms with Crippen LogP contribution in [0, 0.1) is 0 Å². The molecule has 2 aliphatic heterocycles. The maximum Gasteiger partial charge on any atom is 0.252 e. The molecule has 4 aromatic heterocycles. The van der Waals surface area contributed by atoms with Crippen LogP contribution in [-0.4, -0.2) is 15.8 Å². The molecule has 6 heterocycles. The first-order chi connectivity index (χ1) is 62.0. The Bertz CT molecular complexity index is 8100. The van der Waals surface area contributed by atoms with Gasteiger partial charge in [-0.15, -0.1) is 0 Å². The lowest BCUT2D eigenvalue weighted by molar-refractivity contribution is 0.590. The zero-order valence-electron chi connectivity index (χ0n) is 84.9. The first kappa shape index (κ1) is 30.8. The molecule has 0 saturated carbocycles. The summed E-state index contributed by atoms with van der Waals surface area (Å²) in [5.41, 5.74) is -12.1. The van der Waals surface area contributed by atoms with E-state index >= 15 is 0 Å². The van der Waals surface area contributed by atoms with Crippen molar-refractivity contribution in [2.45, 2.75) is 26.2 Å². The van der Waals surface area contributed by atoms with Gasteiger partial charge in [-0.2, -0.15) is 0 Å². The summed E-state index contributed by atoms with van der Waals surface area (Å²) in [5, 5.41) is -2.17. The third-order valence-corrected chi connectivity index (χ3v) is 18.7. The molecule has 0 saturated heterocycles. The number of benzene rings is 15. The number of fused-ring (bicyclic) bond motifs is 18. The average molecular weight is 1270 g/mol. The summed E-state index contributed by atoms with van der Waals surface area (Å²) in [5.74, 6) is 0. The Labute approximate surface area is 607 Å². The molecule has 0 bridgehead atoms. The number of aromatic nitrogens is 2. The molecule has 97 heavy (non-hydrogen) atoms. The Morgan fingerprint density at radius 2 is 0.722 bits per heavy atom. The third-order valence-electron chi connectivity index (χ3n) is 18.7. The molecule has 0 atom stereocenters. The van der Waals surface area contributed by atoms with E-state index in [1.54, 1.807) is 118 Å². The van der Waals surface area contributed by atoms with Crippen LogP contribution in [0.3, 0.4) is 0 Å². The van der Waals surface area contributed by atoms with E-state index in [1.807, 2.05) is 0 Å². The van der Waals surface area contributed by atoms with E-state index in [0.717, 1.165) is 9.13 Å². The summed E-state index contributed by atoms with van der Waals surface area (Å²) in [6.07, 6.45) is 0. The van der Waals surface area contributed by atoms with Crippen molar-refractivity contribution in [3.8, 4) is 33.6 Å². The molecule has 0 spiro atoms. The summed E-state index contributed by atoms with van der Waals surface area (Å²) in [4.78, 5) is 2.60. The van der Waals surface area contributed by atoms with Crippen LogP contribution in [0.5, 0.6) is 0 Å². The number of rotatable bonds is 6. The molecule has 0 fully saturated rings. The number of hydrogen-bond donors (Lipinski definition) is 0. The fourth-order valence-corrected chi connectivity index (χ4v) is 14.4. The van der Waals surface area contributed by atoms with Crippen molar-refractivity contribution in [3.63, 3.8) is 0 Å². The van der Waals surface area contributed by atoms with Crippen molar-refractivity contribution < 1.29 is 55.4 Å². The predicted molar refractivity (Wildman–Crippen MR) is 408 cm³/mol. The molecule has 21 rings (SSSR count). The molecule has 0 N–H and O–H groups in total. The Morgan fingerprint density at radius 1 is 0.340 bits per heavy atom. The summed E-state index contributed by atoms with van der Waals surface area (Å²) in [6, 6.07) is -2.89. The van der Waals surface area contributed by atoms with Gasteiger partial charge in [0.2, 0.25) is 0 Å². The van der Waals surface area contributed by atoms with Crippen LogP contribution < -0.4 is 26.2 Å². The third kappa shape index (κ3) is 7.68. The molecule has 7 heteroatoms. The Balaban J connectivity index is 1.07. The van der Waals surface area contributed by atoms with Gasteiger partial charge in [0.1, 0.15) is 11.2 Å². The first-order valence-corrected chi connectivity index (χ1v) is 30.9. The molecule has 0 amide bonds. The second kappa shape index (κ2) is 20.1. The van der Waals surface area contributed by atoms with Crippen LogP contribution in [-0.2, 0) is 5.41 Å². The second-order valence-corrected chi connectivity index (χ2v) is 24.8. The number of para-hydroxylation sites is 6. The highest BCUT2D eigenvalue weighted by Gasteiger charge is 2.47. The van der Waals surface area contributed by atoms with Crippen molar-refractivity contribution in [1.82, 2.24) is 9.13 Å². The SMILES string of the molecule is [2H]c1c([2H])c(-n2c3c([2H])c([2H])c([2H])c([2H])c3c3c([2H])c([2H])c([2H])c([2H])c32)c([2H])c2c1B1c3c(cc(C(C)(C)C)cc3N(c3c(-c4cccc5ccccc45)c([2H])c([2H])c4c3oc3c([2H])c([2H])c([2H])c([2H])c34)c3c([2H])c(-n4c5c([2H])c([2H])c([2H])c([2H])c5c5c([2H])c([2H])c([2H])c([2H])c54)c([2H])c([2H])c31)N2c1c(-c2cccc3ccccc23)c([2H])c([2H])c2c1oc1c([2H])c([2H])c([2H])c([2H])c12. The number of hydrogen-bond acceptors (Lipinski definition) is 4. The largest absolute Gasteiger partial charge is 0.454 e. The highest BCUT2D eigenvalue weighted by molar-refractivity contribution is 7.00. The zero-order chi connectivity index (χ0) is 93.5. The Kier molecular flexibility index (Phi) is 6.39. The number of anilines is 6. The Morgan fingerprint density at radius 3 is 1.14 bits per heavy atom. The van der Waals surface area contributed by atoms with Gasteiger partial charge in [-0.25, -0.2) is 0 Å². The molecular formula is C90H59BN4O2. The maximum atomic E-state index is 11.7. The predicted octanol–water partition coefficient (Wildman–Crippen LogP) is 22.7. The van der Waals surface area contributed by atoms with Crippen molar-refractivity contribution in [1.29, 1.82) is 0 Å². The normalized spacial score (nSPS) is 17.9. The lowest BCUT2D eigenvalue weighted by Crippen LogP contribution is -2.61. The molecule has 0 radical (unpaired) electrons. The van der Waals surface area contributed by atoms with Crippen molar-refractivity contribution in [3.05, 3.63) is 308 Å². The van der Waals surface area contributed by atoms with Gasteiger partial charge in [0.25, 0.3) is 6.71 Å². The smallest absolute Gasteiger partial charge is 0.252 e. The van der Waals surface area contributed by atoms with E-state index in [4.69, 9.17) is 17.1 Å². The van der Waals surface area contributed by atoms with E-state index in [0.29, 0.717) is 21.5 Å². The van der Waals surface area contributed by atoms with E-state index in [-0.39, 0.29) is 44.7 Å². The molecule has 6 nitrogen and oxygen atoms in total. The molecule has 2 aliphatic rings. The molecule has 19 aromatic rings. The van der Waals surface area contributed by atoms with Crippen LogP contribution in [0.25, 0.3) is 143 Å². The quantitative estimate of drug-likeness (QED) is 0.156. The summed E-state index contributed by atoms with van der Waals surface area (Å²) < 4.78 is 354. The topological polar surface area (TPSA) is 42.6 Å². The maximum absolute atomic E-state index is 11.7. The minimum absolute atomic E-state index is 0.109. The van der Waals surface area contributed by atoms with Gasteiger partial charge in [0.05, 0.1) is 80.0 Å². The molecule has 15 aromatic carbocycles. The van der Waals surface area contributed by atoms with Crippen LogP contribution in [0.15, 0.2) is 311 Å². The Hall–Kier alpha value is -12.3. The van der Waals surface area contributed by atoms with Crippen LogP contribution >= 0.6 is 0 Å².